The molecule has 0 bridgehead atoms. The molecule has 1 unspecified atom stereocenters. The number of halogens is 1. The minimum absolute atomic E-state index is 0.0302. The van der Waals surface area contributed by atoms with Crippen LogP contribution >= 0.6 is 0 Å². The number of benzene rings is 1. The molecule has 0 aliphatic heterocycles. The Hall–Kier alpha value is -3.28. The molecule has 0 radical (unpaired) electrons. The van der Waals surface area contributed by atoms with Crippen LogP contribution in [0.1, 0.15) is 80.3 Å². The number of ketones is 2. The lowest BCUT2D eigenvalue weighted by Gasteiger charge is -2.50. The summed E-state index contributed by atoms with van der Waals surface area (Å²) in [6, 6.07) is 0.168. The van der Waals surface area contributed by atoms with Gasteiger partial charge in [0.05, 0.1) is 11.6 Å². The number of nitrogens with zero attached hydrogens (tertiary/aromatic N) is 2. The molecule has 0 saturated heterocycles. The topological polar surface area (TPSA) is 165 Å². The van der Waals surface area contributed by atoms with Gasteiger partial charge in [0.15, 0.2) is 11.4 Å². The molecule has 11 heteroatoms. The van der Waals surface area contributed by atoms with E-state index in [1.54, 1.807) is 18.9 Å². The number of allylic oxidation sites excluding steroid dienone is 1. The summed E-state index contributed by atoms with van der Waals surface area (Å²) in [5.74, 6) is -7.51. The standard InChI is InChI=1S/C33H44FN3O7/c1-4-36(3)27-21-13-18-12-20-24(28(39)23(18)30(41)33(21,44)31(42)25(29(27)40)32(35)43)22(38)14-19(26(20)34)16-37(5-2)15-17-10-8-6-7-9-11-17/h14,17-18,21,27,38,40-41,44H,4-13,15-16H2,1-3H3,(H2,35,43)/t18-,21?,27-,33-/m0/s1. The highest BCUT2D eigenvalue weighted by molar-refractivity contribution is 6.24. The van der Waals surface area contributed by atoms with Gasteiger partial charge in [-0.15, -0.1) is 0 Å². The Labute approximate surface area is 257 Å². The normalized spacial score (nSPS) is 27.8. The van der Waals surface area contributed by atoms with Gasteiger partial charge in [0.1, 0.15) is 28.7 Å². The van der Waals surface area contributed by atoms with Crippen molar-refractivity contribution in [2.24, 2.45) is 23.5 Å². The van der Waals surface area contributed by atoms with Crippen LogP contribution in [0.2, 0.25) is 0 Å². The number of primary amides is 1. The maximum absolute atomic E-state index is 16.3. The second-order valence-corrected chi connectivity index (χ2v) is 13.0. The van der Waals surface area contributed by atoms with E-state index in [4.69, 9.17) is 5.73 Å². The summed E-state index contributed by atoms with van der Waals surface area (Å²) in [7, 11) is 1.62. The number of carbonyl (C=O) groups is 3. The van der Waals surface area contributed by atoms with Gasteiger partial charge in [-0.05, 0) is 63.7 Å². The molecule has 1 aromatic rings. The molecule has 1 amide bonds. The molecule has 5 rings (SSSR count). The van der Waals surface area contributed by atoms with Crippen LogP contribution in [0.3, 0.4) is 0 Å². The van der Waals surface area contributed by atoms with Gasteiger partial charge in [0.2, 0.25) is 5.78 Å². The molecule has 44 heavy (non-hydrogen) atoms. The van der Waals surface area contributed by atoms with E-state index in [0.29, 0.717) is 19.0 Å². The Morgan fingerprint density at radius 3 is 2.34 bits per heavy atom. The van der Waals surface area contributed by atoms with Gasteiger partial charge in [-0.2, -0.15) is 0 Å². The van der Waals surface area contributed by atoms with Crippen molar-refractivity contribution in [3.05, 3.63) is 51.2 Å². The number of rotatable bonds is 8. The molecule has 10 nitrogen and oxygen atoms in total. The number of amides is 1. The second kappa shape index (κ2) is 12.3. The van der Waals surface area contributed by atoms with Crippen molar-refractivity contribution in [2.75, 3.05) is 26.7 Å². The summed E-state index contributed by atoms with van der Waals surface area (Å²) in [5.41, 5.74) is 1.53. The predicted octanol–water partition coefficient (Wildman–Crippen LogP) is 3.44. The van der Waals surface area contributed by atoms with E-state index in [9.17, 15) is 34.8 Å². The number of likely N-dealkylation sites (N-methyl/N-ethyl adjacent to an activating group) is 1. The fraction of sp³-hybridized carbons (Fsp3) is 0.606. The van der Waals surface area contributed by atoms with Gasteiger partial charge >= 0.3 is 0 Å². The SMILES string of the molecule is CCN(Cc1cc(O)c2c(c1F)C[C@H]1CC3[C@H](N(C)CC)C(O)=C(C(N)=O)C(=O)[C@@]3(O)C(O)=C1C2=O)CC1CCCCCC1. The number of aromatic hydroxyl groups is 1. The van der Waals surface area contributed by atoms with E-state index in [2.05, 4.69) is 4.90 Å². The minimum atomic E-state index is -2.72. The Morgan fingerprint density at radius 1 is 1.09 bits per heavy atom. The third kappa shape index (κ3) is 5.12. The zero-order chi connectivity index (χ0) is 32.1. The Bertz CT molecular complexity index is 1430. The lowest BCUT2D eigenvalue weighted by molar-refractivity contribution is -0.148. The summed E-state index contributed by atoms with van der Waals surface area (Å²) in [6.45, 7) is 5.91. The molecular formula is C33H44FN3O7. The summed E-state index contributed by atoms with van der Waals surface area (Å²) in [4.78, 5) is 43.3. The van der Waals surface area contributed by atoms with Crippen LogP contribution in [0, 0.1) is 23.6 Å². The third-order valence-electron chi connectivity index (χ3n) is 10.5. The van der Waals surface area contributed by atoms with Gasteiger partial charge in [0.25, 0.3) is 5.91 Å². The van der Waals surface area contributed by atoms with Gasteiger partial charge < -0.3 is 26.2 Å². The van der Waals surface area contributed by atoms with Crippen LogP contribution in [0.25, 0.3) is 0 Å². The van der Waals surface area contributed by atoms with Gasteiger partial charge in [0, 0.05) is 35.7 Å². The number of aliphatic hydroxyl groups is 3. The molecule has 0 spiro atoms. The van der Waals surface area contributed by atoms with Crippen LogP contribution in [-0.4, -0.2) is 86.0 Å². The van der Waals surface area contributed by atoms with Crippen molar-refractivity contribution in [3.63, 3.8) is 0 Å². The van der Waals surface area contributed by atoms with E-state index in [0.717, 1.165) is 19.4 Å². The molecule has 240 valence electrons. The van der Waals surface area contributed by atoms with Crippen molar-refractivity contribution in [3.8, 4) is 5.75 Å². The van der Waals surface area contributed by atoms with Crippen LogP contribution in [0.4, 0.5) is 4.39 Å². The summed E-state index contributed by atoms with van der Waals surface area (Å²) in [5, 5.41) is 45.3. The summed E-state index contributed by atoms with van der Waals surface area (Å²) < 4.78 is 16.3. The molecule has 1 fully saturated rings. The molecule has 0 heterocycles. The maximum Gasteiger partial charge on any atom is 0.255 e. The van der Waals surface area contributed by atoms with Crippen molar-refractivity contribution in [1.82, 2.24) is 9.80 Å². The lowest BCUT2D eigenvalue weighted by atomic mass is 9.58. The highest BCUT2D eigenvalue weighted by Gasteiger charge is 2.63. The summed E-state index contributed by atoms with van der Waals surface area (Å²) in [6.07, 6.45) is 6.98. The monoisotopic (exact) mass is 613 g/mol. The number of nitrogens with two attached hydrogens (primary N) is 1. The molecule has 0 aromatic heterocycles. The number of Topliss-reactive ketones (excluding diaryl/α,β-unsaturated/α-hetero) is 2. The molecule has 4 atom stereocenters. The molecule has 1 aromatic carbocycles. The van der Waals surface area contributed by atoms with Crippen molar-refractivity contribution >= 4 is 17.5 Å². The van der Waals surface area contributed by atoms with E-state index < -0.39 is 69.6 Å². The van der Waals surface area contributed by atoms with Crippen LogP contribution in [0.5, 0.6) is 5.75 Å². The van der Waals surface area contributed by atoms with Crippen molar-refractivity contribution < 1.29 is 39.2 Å². The van der Waals surface area contributed by atoms with E-state index >= 15 is 4.39 Å². The van der Waals surface area contributed by atoms with Gasteiger partial charge in [-0.25, -0.2) is 4.39 Å². The van der Waals surface area contributed by atoms with Gasteiger partial charge in [-0.3, -0.25) is 24.2 Å². The first-order valence-corrected chi connectivity index (χ1v) is 15.8. The highest BCUT2D eigenvalue weighted by Crippen LogP contribution is 2.52. The van der Waals surface area contributed by atoms with Crippen LogP contribution < -0.4 is 5.73 Å². The smallest absolute Gasteiger partial charge is 0.255 e. The number of hydrogen-bond acceptors (Lipinski definition) is 9. The largest absolute Gasteiger partial charge is 0.510 e. The minimum Gasteiger partial charge on any atom is -0.510 e. The number of fused-ring (bicyclic) bond motifs is 3. The van der Waals surface area contributed by atoms with Crippen molar-refractivity contribution in [2.45, 2.75) is 83.4 Å². The van der Waals surface area contributed by atoms with E-state index in [1.165, 1.54) is 31.7 Å². The maximum atomic E-state index is 16.3. The fourth-order valence-corrected chi connectivity index (χ4v) is 8.03. The number of phenolic OH excluding ortho intramolecular Hbond substituents is 1. The zero-order valence-electron chi connectivity index (χ0n) is 25.7. The van der Waals surface area contributed by atoms with Crippen molar-refractivity contribution in [1.29, 1.82) is 0 Å². The average Bonchev–Trinajstić information content (AvgIpc) is 3.25. The molecule has 6 N–H and O–H groups in total. The molecule has 4 aliphatic rings. The number of carbonyl (C=O) groups excluding carboxylic acids is 3. The quantitative estimate of drug-likeness (QED) is 0.218. The predicted molar refractivity (Wildman–Crippen MR) is 160 cm³/mol. The zero-order valence-corrected chi connectivity index (χ0v) is 25.7. The summed E-state index contributed by atoms with van der Waals surface area (Å²) >= 11 is 0. The van der Waals surface area contributed by atoms with E-state index in [-0.39, 0.29) is 41.6 Å². The van der Waals surface area contributed by atoms with Gasteiger partial charge in [-0.1, -0.05) is 39.5 Å². The fourth-order valence-electron chi connectivity index (χ4n) is 8.03. The Balaban J connectivity index is 1.54. The average molecular weight is 614 g/mol. The first-order valence-electron chi connectivity index (χ1n) is 15.8. The van der Waals surface area contributed by atoms with Crippen LogP contribution in [0.15, 0.2) is 28.7 Å². The van der Waals surface area contributed by atoms with Crippen LogP contribution in [-0.2, 0) is 22.6 Å². The highest BCUT2D eigenvalue weighted by atomic mass is 19.1. The Morgan fingerprint density at radius 2 is 1.75 bits per heavy atom. The molecular weight excluding hydrogens is 569 g/mol. The Kier molecular flexibility index (Phi) is 8.94. The first-order chi connectivity index (χ1) is 20.9. The number of hydrogen-bond donors (Lipinski definition) is 5. The third-order valence-corrected chi connectivity index (χ3v) is 10.5. The molecule has 4 aliphatic carbocycles. The number of phenols is 1. The lowest BCUT2D eigenvalue weighted by Crippen LogP contribution is -2.64. The van der Waals surface area contributed by atoms with E-state index in [1.807, 2.05) is 6.92 Å². The molecule has 1 saturated carbocycles. The number of aliphatic hydroxyl groups excluding tert-OH is 2. The first kappa shape index (κ1) is 32.1. The second-order valence-electron chi connectivity index (χ2n) is 13.0.